The summed E-state index contributed by atoms with van der Waals surface area (Å²) in [5.74, 6) is 1.84. The second-order valence-corrected chi connectivity index (χ2v) is 7.86. The molecule has 0 aliphatic carbocycles. The summed E-state index contributed by atoms with van der Waals surface area (Å²) in [5.41, 5.74) is 2.53. The standard InChI is InChI=1S/C18H28N4S2.HI/c1-5-19-18(21-10-14(4)15-7-9-23-11-15)20-8-6-16-12-24-17(22-16)13(2)3;/h7,9,11-14H,5-6,8,10H2,1-4H3,(H2,19,20,21);1H. The summed E-state index contributed by atoms with van der Waals surface area (Å²) in [5, 5.41) is 14.4. The highest BCUT2D eigenvalue weighted by Gasteiger charge is 2.07. The minimum absolute atomic E-state index is 0. The molecule has 2 rings (SSSR count). The van der Waals surface area contributed by atoms with Crippen LogP contribution in [0.5, 0.6) is 0 Å². The summed E-state index contributed by atoms with van der Waals surface area (Å²) >= 11 is 3.50. The van der Waals surface area contributed by atoms with E-state index in [1.807, 2.05) is 0 Å². The van der Waals surface area contributed by atoms with Crippen molar-refractivity contribution in [3.63, 3.8) is 0 Å². The summed E-state index contributed by atoms with van der Waals surface area (Å²) in [6.07, 6.45) is 0.924. The van der Waals surface area contributed by atoms with Crippen molar-refractivity contribution >= 4 is 52.6 Å². The first-order valence-electron chi connectivity index (χ1n) is 8.58. The van der Waals surface area contributed by atoms with Crippen LogP contribution in [0.25, 0.3) is 0 Å². The van der Waals surface area contributed by atoms with Crippen LogP contribution >= 0.6 is 46.7 Å². The third kappa shape index (κ3) is 7.62. The van der Waals surface area contributed by atoms with Gasteiger partial charge in [-0.2, -0.15) is 11.3 Å². The summed E-state index contributed by atoms with van der Waals surface area (Å²) in [6.45, 7) is 11.2. The van der Waals surface area contributed by atoms with Crippen LogP contribution in [-0.2, 0) is 6.42 Å². The Bertz CT molecular complexity index is 623. The molecule has 0 amide bonds. The topological polar surface area (TPSA) is 49.3 Å². The Morgan fingerprint density at radius 2 is 2.04 bits per heavy atom. The molecule has 2 heterocycles. The van der Waals surface area contributed by atoms with Crippen LogP contribution in [0.1, 0.15) is 55.8 Å². The summed E-state index contributed by atoms with van der Waals surface area (Å²) < 4.78 is 0. The lowest BCUT2D eigenvalue weighted by atomic mass is 10.1. The highest BCUT2D eigenvalue weighted by Crippen LogP contribution is 2.19. The average molecular weight is 492 g/mol. The molecule has 4 nitrogen and oxygen atoms in total. The van der Waals surface area contributed by atoms with Crippen molar-refractivity contribution < 1.29 is 0 Å². The van der Waals surface area contributed by atoms with E-state index in [4.69, 9.17) is 4.99 Å². The van der Waals surface area contributed by atoms with Crippen molar-refractivity contribution in [1.82, 2.24) is 15.6 Å². The van der Waals surface area contributed by atoms with Crippen molar-refractivity contribution in [3.05, 3.63) is 38.5 Å². The molecule has 0 aromatic carbocycles. The predicted molar refractivity (Wildman–Crippen MR) is 122 cm³/mol. The van der Waals surface area contributed by atoms with Crippen LogP contribution in [0.4, 0.5) is 0 Å². The number of guanidine groups is 1. The van der Waals surface area contributed by atoms with Crippen LogP contribution in [0.15, 0.2) is 27.2 Å². The molecular formula is C18H29IN4S2. The molecule has 0 aliphatic rings. The van der Waals surface area contributed by atoms with E-state index in [1.54, 1.807) is 22.7 Å². The van der Waals surface area contributed by atoms with E-state index < -0.39 is 0 Å². The summed E-state index contributed by atoms with van der Waals surface area (Å²) in [4.78, 5) is 9.40. The minimum Gasteiger partial charge on any atom is -0.357 e. The van der Waals surface area contributed by atoms with E-state index >= 15 is 0 Å². The molecular weight excluding hydrogens is 463 g/mol. The highest BCUT2D eigenvalue weighted by atomic mass is 127. The van der Waals surface area contributed by atoms with Crippen molar-refractivity contribution in [2.75, 3.05) is 19.6 Å². The maximum Gasteiger partial charge on any atom is 0.191 e. The zero-order chi connectivity index (χ0) is 17.4. The molecule has 25 heavy (non-hydrogen) atoms. The van der Waals surface area contributed by atoms with Crippen molar-refractivity contribution in [3.8, 4) is 0 Å². The van der Waals surface area contributed by atoms with Gasteiger partial charge in [-0.05, 0) is 29.3 Å². The fourth-order valence-electron chi connectivity index (χ4n) is 2.24. The molecule has 0 aliphatic heterocycles. The first-order valence-corrected chi connectivity index (χ1v) is 10.4. The molecule has 1 atom stereocenters. The monoisotopic (exact) mass is 492 g/mol. The number of halogens is 1. The Kier molecular flexibility index (Phi) is 10.6. The Morgan fingerprint density at radius 1 is 1.24 bits per heavy atom. The number of nitrogens with zero attached hydrogens (tertiary/aromatic N) is 2. The minimum atomic E-state index is 0. The first-order chi connectivity index (χ1) is 11.6. The molecule has 0 saturated heterocycles. The van der Waals surface area contributed by atoms with Crippen molar-refractivity contribution in [1.29, 1.82) is 0 Å². The highest BCUT2D eigenvalue weighted by molar-refractivity contribution is 14.0. The third-order valence-corrected chi connectivity index (χ3v) is 5.61. The largest absolute Gasteiger partial charge is 0.357 e. The molecule has 7 heteroatoms. The number of hydrogen-bond donors (Lipinski definition) is 2. The predicted octanol–water partition coefficient (Wildman–Crippen LogP) is 4.85. The van der Waals surface area contributed by atoms with Crippen LogP contribution < -0.4 is 10.6 Å². The number of aromatic nitrogens is 1. The van der Waals surface area contributed by atoms with Gasteiger partial charge in [0.2, 0.25) is 0 Å². The fourth-order valence-corrected chi connectivity index (χ4v) is 3.89. The van der Waals surface area contributed by atoms with E-state index in [0.717, 1.165) is 32.0 Å². The van der Waals surface area contributed by atoms with Gasteiger partial charge in [0.05, 0.1) is 10.7 Å². The number of thiazole rings is 1. The average Bonchev–Trinajstić information content (AvgIpc) is 3.23. The van der Waals surface area contributed by atoms with Crippen LogP contribution in [0.3, 0.4) is 0 Å². The molecule has 0 spiro atoms. The molecule has 140 valence electrons. The van der Waals surface area contributed by atoms with Crippen LogP contribution in [0, 0.1) is 0 Å². The Morgan fingerprint density at radius 3 is 2.64 bits per heavy atom. The van der Waals surface area contributed by atoms with E-state index in [9.17, 15) is 0 Å². The van der Waals surface area contributed by atoms with Gasteiger partial charge in [-0.1, -0.05) is 20.8 Å². The lowest BCUT2D eigenvalue weighted by Crippen LogP contribution is -2.38. The molecule has 2 aromatic rings. The van der Waals surface area contributed by atoms with E-state index in [2.05, 4.69) is 65.5 Å². The number of rotatable bonds is 8. The Balaban J connectivity index is 0.00000312. The van der Waals surface area contributed by atoms with Crippen molar-refractivity contribution in [2.45, 2.75) is 46.0 Å². The second-order valence-electron chi connectivity index (χ2n) is 6.19. The van der Waals surface area contributed by atoms with E-state index in [1.165, 1.54) is 16.3 Å². The van der Waals surface area contributed by atoms with E-state index in [-0.39, 0.29) is 24.0 Å². The Hall–Kier alpha value is -0.670. The summed E-state index contributed by atoms with van der Waals surface area (Å²) in [7, 11) is 0. The summed E-state index contributed by atoms with van der Waals surface area (Å²) in [6, 6.07) is 2.18. The van der Waals surface area contributed by atoms with Gasteiger partial charge in [-0.25, -0.2) is 4.98 Å². The number of hydrogen-bond acceptors (Lipinski definition) is 4. The number of nitrogens with one attached hydrogen (secondary N) is 2. The van der Waals surface area contributed by atoms with Gasteiger partial charge in [0.15, 0.2) is 5.96 Å². The van der Waals surface area contributed by atoms with Crippen molar-refractivity contribution in [2.24, 2.45) is 4.99 Å². The van der Waals surface area contributed by atoms with Crippen LogP contribution in [0.2, 0.25) is 0 Å². The maximum absolute atomic E-state index is 4.72. The quantitative estimate of drug-likeness (QED) is 0.315. The van der Waals surface area contributed by atoms with Gasteiger partial charge in [0, 0.05) is 43.3 Å². The zero-order valence-electron chi connectivity index (χ0n) is 15.4. The Labute approximate surface area is 176 Å². The van der Waals surface area contributed by atoms with Gasteiger partial charge in [-0.3, -0.25) is 4.99 Å². The normalized spacial score (nSPS) is 12.8. The molecule has 0 saturated carbocycles. The van der Waals surface area contributed by atoms with E-state index in [0.29, 0.717) is 11.8 Å². The molecule has 0 radical (unpaired) electrons. The van der Waals surface area contributed by atoms with Gasteiger partial charge >= 0.3 is 0 Å². The lowest BCUT2D eigenvalue weighted by Gasteiger charge is -2.12. The molecule has 2 aromatic heterocycles. The van der Waals surface area contributed by atoms with Gasteiger partial charge < -0.3 is 10.6 Å². The molecule has 1 unspecified atom stereocenters. The second kappa shape index (κ2) is 11.9. The number of thiophene rings is 1. The molecule has 0 bridgehead atoms. The lowest BCUT2D eigenvalue weighted by molar-refractivity contribution is 0.744. The number of aliphatic imine (C=N–C) groups is 1. The molecule has 2 N–H and O–H groups in total. The molecule has 0 fully saturated rings. The maximum atomic E-state index is 4.72. The van der Waals surface area contributed by atoms with Gasteiger partial charge in [0.25, 0.3) is 0 Å². The van der Waals surface area contributed by atoms with Gasteiger partial charge in [-0.15, -0.1) is 35.3 Å². The fraction of sp³-hybridized carbons (Fsp3) is 0.556. The SMILES string of the molecule is CCNC(=NCC(C)c1ccsc1)NCCc1csc(C(C)C)n1.I. The third-order valence-electron chi connectivity index (χ3n) is 3.72. The zero-order valence-corrected chi connectivity index (χ0v) is 19.4. The van der Waals surface area contributed by atoms with Crippen LogP contribution in [-0.4, -0.2) is 30.6 Å². The smallest absolute Gasteiger partial charge is 0.191 e. The van der Waals surface area contributed by atoms with Gasteiger partial charge in [0.1, 0.15) is 0 Å². The first kappa shape index (κ1) is 22.4.